The second-order valence-electron chi connectivity index (χ2n) is 4.03. The Labute approximate surface area is 112 Å². The van der Waals surface area contributed by atoms with Crippen LogP contribution in [0.2, 0.25) is 5.02 Å². The van der Waals surface area contributed by atoms with Crippen molar-refractivity contribution < 1.29 is 8.42 Å². The maximum atomic E-state index is 11.4. The molecule has 0 saturated heterocycles. The minimum atomic E-state index is -3.51. The lowest BCUT2D eigenvalue weighted by Crippen LogP contribution is -2.21. The van der Waals surface area contributed by atoms with E-state index in [9.17, 15) is 8.42 Å². The molecule has 1 aliphatic carbocycles. The number of halogens is 3. The van der Waals surface area contributed by atoms with Crippen LogP contribution in [0.25, 0.3) is 0 Å². The smallest absolute Gasteiger partial charge is 0.212 e. The van der Waals surface area contributed by atoms with E-state index in [2.05, 4.69) is 15.9 Å². The van der Waals surface area contributed by atoms with Gasteiger partial charge >= 0.3 is 0 Å². The predicted octanol–water partition coefficient (Wildman–Crippen LogP) is 3.75. The minimum absolute atomic E-state index is 0.417. The van der Waals surface area contributed by atoms with E-state index in [1.807, 2.05) is 6.07 Å². The van der Waals surface area contributed by atoms with E-state index in [0.717, 1.165) is 10.0 Å². The average Bonchev–Trinajstić information content (AvgIpc) is 2.91. The van der Waals surface area contributed by atoms with Gasteiger partial charge in [-0.1, -0.05) is 27.5 Å². The largest absolute Gasteiger partial charge is 0.238 e. The van der Waals surface area contributed by atoms with Gasteiger partial charge in [0.05, 0.1) is 4.75 Å². The van der Waals surface area contributed by atoms with Gasteiger partial charge in [-0.15, -0.1) is 0 Å². The summed E-state index contributed by atoms with van der Waals surface area (Å²) >= 11 is 9.26. The molecule has 0 aromatic heterocycles. The molecule has 2 nitrogen and oxygen atoms in total. The van der Waals surface area contributed by atoms with Crippen LogP contribution in [-0.4, -0.2) is 13.2 Å². The summed E-state index contributed by atoms with van der Waals surface area (Å²) in [6, 6.07) is 5.34. The Morgan fingerprint density at radius 3 is 2.50 bits per heavy atom. The van der Waals surface area contributed by atoms with Crippen molar-refractivity contribution in [2.24, 2.45) is 0 Å². The second-order valence-corrected chi connectivity index (χ2v) is 8.28. The molecule has 0 bridgehead atoms. The van der Waals surface area contributed by atoms with Crippen LogP contribution in [0.5, 0.6) is 0 Å². The zero-order valence-corrected chi connectivity index (χ0v) is 12.1. The summed E-state index contributed by atoms with van der Waals surface area (Å²) in [6.07, 6.45) is 1.66. The average molecular weight is 344 g/mol. The van der Waals surface area contributed by atoms with Gasteiger partial charge in [-0.2, -0.15) is 0 Å². The topological polar surface area (TPSA) is 34.1 Å². The van der Waals surface area contributed by atoms with E-state index in [0.29, 0.717) is 24.3 Å². The number of hydrogen-bond donors (Lipinski definition) is 0. The fraction of sp³-hybridized carbons (Fsp3) is 0.400. The highest BCUT2D eigenvalue weighted by molar-refractivity contribution is 9.10. The van der Waals surface area contributed by atoms with Crippen molar-refractivity contribution in [3.63, 3.8) is 0 Å². The van der Waals surface area contributed by atoms with Crippen molar-refractivity contribution in [2.45, 2.75) is 24.0 Å². The Morgan fingerprint density at radius 1 is 1.38 bits per heavy atom. The SMILES string of the molecule is O=S(=O)(Cl)C1(Cc2cc(Cl)ccc2Br)CC1. The third-order valence-electron chi connectivity index (χ3n) is 2.85. The molecule has 0 N–H and O–H groups in total. The van der Waals surface area contributed by atoms with Crippen molar-refractivity contribution in [3.8, 4) is 0 Å². The lowest BCUT2D eigenvalue weighted by atomic mass is 10.1. The van der Waals surface area contributed by atoms with Crippen molar-refractivity contribution in [3.05, 3.63) is 33.3 Å². The van der Waals surface area contributed by atoms with Gasteiger partial charge in [0.25, 0.3) is 0 Å². The van der Waals surface area contributed by atoms with Crippen LogP contribution >= 0.6 is 38.2 Å². The molecule has 1 saturated carbocycles. The minimum Gasteiger partial charge on any atom is -0.212 e. The molecule has 1 aromatic carbocycles. The van der Waals surface area contributed by atoms with E-state index >= 15 is 0 Å². The molecule has 0 amide bonds. The third-order valence-corrected chi connectivity index (χ3v) is 6.42. The highest BCUT2D eigenvalue weighted by atomic mass is 79.9. The summed E-state index contributed by atoms with van der Waals surface area (Å²) in [5, 5.41) is 0.598. The van der Waals surface area contributed by atoms with Gasteiger partial charge in [0, 0.05) is 20.2 Å². The molecule has 2 rings (SSSR count). The van der Waals surface area contributed by atoms with E-state index < -0.39 is 13.8 Å². The van der Waals surface area contributed by atoms with Gasteiger partial charge in [0.15, 0.2) is 0 Å². The Hall–Kier alpha value is 0.230. The number of rotatable bonds is 3. The molecule has 0 aliphatic heterocycles. The molecule has 1 aliphatic rings. The number of benzene rings is 1. The summed E-state index contributed by atoms with van der Waals surface area (Å²) in [5.41, 5.74) is 0.884. The summed E-state index contributed by atoms with van der Waals surface area (Å²) in [5.74, 6) is 0. The molecule has 0 spiro atoms. The van der Waals surface area contributed by atoms with E-state index in [4.69, 9.17) is 22.3 Å². The zero-order chi connectivity index (χ0) is 12.0. The van der Waals surface area contributed by atoms with Crippen LogP contribution in [0, 0.1) is 0 Å². The van der Waals surface area contributed by atoms with Gasteiger partial charge in [0.1, 0.15) is 0 Å². The fourth-order valence-corrected chi connectivity index (χ4v) is 3.80. The quantitative estimate of drug-likeness (QED) is 0.783. The number of hydrogen-bond acceptors (Lipinski definition) is 2. The third kappa shape index (κ3) is 2.40. The highest BCUT2D eigenvalue weighted by Gasteiger charge is 2.53. The molecule has 0 radical (unpaired) electrons. The highest BCUT2D eigenvalue weighted by Crippen LogP contribution is 2.48. The normalized spacial score (nSPS) is 18.4. The van der Waals surface area contributed by atoms with Crippen LogP contribution in [0.4, 0.5) is 0 Å². The van der Waals surface area contributed by atoms with Gasteiger partial charge in [-0.3, -0.25) is 0 Å². The van der Waals surface area contributed by atoms with E-state index in [-0.39, 0.29) is 0 Å². The molecule has 6 heteroatoms. The van der Waals surface area contributed by atoms with Gasteiger partial charge in [-0.05, 0) is 43.0 Å². The first-order valence-corrected chi connectivity index (χ1v) is 8.20. The maximum Gasteiger partial charge on any atom is 0.238 e. The lowest BCUT2D eigenvalue weighted by molar-refractivity contribution is 0.590. The first-order valence-electron chi connectivity index (χ1n) is 4.72. The van der Waals surface area contributed by atoms with Crippen LogP contribution in [0.15, 0.2) is 22.7 Å². The van der Waals surface area contributed by atoms with Crippen molar-refractivity contribution in [1.29, 1.82) is 0 Å². The molecule has 16 heavy (non-hydrogen) atoms. The molecular formula is C10H9BrCl2O2S. The van der Waals surface area contributed by atoms with Crippen LogP contribution < -0.4 is 0 Å². The van der Waals surface area contributed by atoms with Crippen molar-refractivity contribution >= 4 is 47.3 Å². The van der Waals surface area contributed by atoms with Gasteiger partial charge < -0.3 is 0 Å². The molecule has 0 unspecified atom stereocenters. The fourth-order valence-electron chi connectivity index (χ4n) is 1.67. The maximum absolute atomic E-state index is 11.4. The van der Waals surface area contributed by atoms with E-state index in [1.165, 1.54) is 0 Å². The summed E-state index contributed by atoms with van der Waals surface area (Å²) in [7, 11) is 1.94. The molecule has 1 aromatic rings. The molecule has 0 atom stereocenters. The molecule has 88 valence electrons. The Kier molecular flexibility index (Phi) is 3.30. The Bertz CT molecular complexity index is 524. The van der Waals surface area contributed by atoms with Crippen molar-refractivity contribution in [2.75, 3.05) is 0 Å². The van der Waals surface area contributed by atoms with E-state index in [1.54, 1.807) is 12.1 Å². The van der Waals surface area contributed by atoms with Crippen LogP contribution in [-0.2, 0) is 15.5 Å². The lowest BCUT2D eigenvalue weighted by Gasteiger charge is -2.12. The molecule has 1 fully saturated rings. The van der Waals surface area contributed by atoms with Crippen LogP contribution in [0.1, 0.15) is 18.4 Å². The van der Waals surface area contributed by atoms with Gasteiger partial charge in [0.2, 0.25) is 9.05 Å². The first kappa shape index (κ1) is 12.7. The molecular weight excluding hydrogens is 335 g/mol. The summed E-state index contributed by atoms with van der Waals surface area (Å²) < 4.78 is 23.0. The zero-order valence-electron chi connectivity index (χ0n) is 8.21. The van der Waals surface area contributed by atoms with Gasteiger partial charge in [-0.25, -0.2) is 8.42 Å². The molecule has 0 heterocycles. The summed E-state index contributed by atoms with van der Waals surface area (Å²) in [4.78, 5) is 0. The first-order chi connectivity index (χ1) is 7.34. The second kappa shape index (κ2) is 4.16. The Balaban J connectivity index is 2.32. The Morgan fingerprint density at radius 2 is 2.00 bits per heavy atom. The summed E-state index contributed by atoms with van der Waals surface area (Å²) in [6.45, 7) is 0. The van der Waals surface area contributed by atoms with Crippen molar-refractivity contribution in [1.82, 2.24) is 0 Å². The standard InChI is InChI=1S/C10H9BrCl2O2S/c11-9-2-1-8(12)5-7(9)6-10(3-4-10)16(13,14)15/h1-2,5H,3-4,6H2. The monoisotopic (exact) mass is 342 g/mol. The predicted molar refractivity (Wildman–Crippen MR) is 69.6 cm³/mol. The van der Waals surface area contributed by atoms with Crippen LogP contribution in [0.3, 0.4) is 0 Å².